The number of aliphatic carboxylic acids is 1. The van der Waals surface area contributed by atoms with E-state index in [1.807, 2.05) is 25.1 Å². The van der Waals surface area contributed by atoms with Gasteiger partial charge in [0.05, 0.1) is 30.9 Å². The number of anilines is 2. The molecule has 2 aromatic carbocycles. The summed E-state index contributed by atoms with van der Waals surface area (Å²) < 4.78 is 48.4. The van der Waals surface area contributed by atoms with Crippen molar-refractivity contribution in [3.8, 4) is 5.75 Å². The van der Waals surface area contributed by atoms with E-state index in [1.54, 1.807) is 25.4 Å². The Labute approximate surface area is 232 Å². The number of carbonyl (C=O) groups is 1. The highest BCUT2D eigenvalue weighted by atomic mass is 19.1. The lowest BCUT2D eigenvalue weighted by atomic mass is 9.71. The largest absolute Gasteiger partial charge is 0.497 e. The summed E-state index contributed by atoms with van der Waals surface area (Å²) in [7, 11) is 5.26. The Morgan fingerprint density at radius 1 is 1.18 bits per heavy atom. The lowest BCUT2D eigenvalue weighted by molar-refractivity contribution is -0.141. The molecule has 216 valence electrons. The SMILES string of the molecule is COc1ccc2ncc(N(C)C)c([C@@H](F)CCC3(CC(=O)O)CCN(CCNc4cc(F)cc(F)c4)CC3)c2c1. The summed E-state index contributed by atoms with van der Waals surface area (Å²) >= 11 is 0. The highest BCUT2D eigenvalue weighted by molar-refractivity contribution is 5.88. The van der Waals surface area contributed by atoms with Gasteiger partial charge in [0.2, 0.25) is 0 Å². The molecular formula is C30H37F3N4O3. The topological polar surface area (TPSA) is 77.9 Å². The Bertz CT molecular complexity index is 1310. The minimum Gasteiger partial charge on any atom is -0.497 e. The number of methoxy groups -OCH3 is 1. The Kier molecular flexibility index (Phi) is 9.40. The van der Waals surface area contributed by atoms with Crippen LogP contribution in [0.1, 0.15) is 43.8 Å². The molecule has 4 rings (SSSR count). The minimum absolute atomic E-state index is 0.0141. The number of nitrogens with one attached hydrogen (secondary N) is 1. The summed E-state index contributed by atoms with van der Waals surface area (Å²) in [5, 5.41) is 13.4. The number of likely N-dealkylation sites (tertiary alicyclic amines) is 1. The van der Waals surface area contributed by atoms with Crippen molar-refractivity contribution in [2.45, 2.75) is 38.3 Å². The normalized spacial score (nSPS) is 16.1. The zero-order chi connectivity index (χ0) is 28.9. The number of halogens is 3. The maximum Gasteiger partial charge on any atom is 0.303 e. The summed E-state index contributed by atoms with van der Waals surface area (Å²) in [6.45, 7) is 2.47. The number of rotatable bonds is 12. The van der Waals surface area contributed by atoms with Crippen LogP contribution in [0.4, 0.5) is 24.5 Å². The zero-order valence-electron chi connectivity index (χ0n) is 23.2. The maximum atomic E-state index is 16.1. The monoisotopic (exact) mass is 558 g/mol. The molecule has 1 fully saturated rings. The maximum absolute atomic E-state index is 16.1. The number of nitrogens with zero attached hydrogens (tertiary/aromatic N) is 3. The average Bonchev–Trinajstić information content (AvgIpc) is 2.91. The van der Waals surface area contributed by atoms with Crippen LogP contribution in [0.25, 0.3) is 10.9 Å². The summed E-state index contributed by atoms with van der Waals surface area (Å²) in [5.74, 6) is -1.54. The van der Waals surface area contributed by atoms with Crippen molar-refractivity contribution < 1.29 is 27.8 Å². The Morgan fingerprint density at radius 2 is 1.88 bits per heavy atom. The minimum atomic E-state index is -1.31. The van der Waals surface area contributed by atoms with Gasteiger partial charge in [-0.05, 0) is 74.5 Å². The number of fused-ring (bicyclic) bond motifs is 1. The standard InChI is InChI=1S/C30H37F3N4O3/c1-36(2)27-19-35-26-5-4-23(40-3)17-24(26)29(27)25(33)6-7-30(18-28(38)39)8-11-37(12-9-30)13-10-34-22-15-20(31)14-21(32)16-22/h4-5,14-17,19,25,34H,6-13,18H2,1-3H3,(H,38,39)/t25-/m0/s1. The lowest BCUT2D eigenvalue weighted by Crippen LogP contribution is -2.43. The molecule has 0 bridgehead atoms. The molecule has 10 heteroatoms. The molecule has 1 aliphatic rings. The molecule has 1 saturated heterocycles. The van der Waals surface area contributed by atoms with Gasteiger partial charge in [-0.1, -0.05) is 0 Å². The predicted octanol–water partition coefficient (Wildman–Crippen LogP) is 6.05. The highest BCUT2D eigenvalue weighted by Crippen LogP contribution is 2.44. The first-order valence-electron chi connectivity index (χ1n) is 13.5. The third-order valence-electron chi connectivity index (χ3n) is 7.88. The van der Waals surface area contributed by atoms with Gasteiger partial charge in [0.25, 0.3) is 0 Å². The van der Waals surface area contributed by atoms with Crippen LogP contribution in [0.3, 0.4) is 0 Å². The van der Waals surface area contributed by atoms with Crippen molar-refractivity contribution in [3.05, 3.63) is 59.8 Å². The molecule has 3 aromatic rings. The van der Waals surface area contributed by atoms with Crippen molar-refractivity contribution in [1.82, 2.24) is 9.88 Å². The fraction of sp³-hybridized carbons (Fsp3) is 0.467. The fourth-order valence-electron chi connectivity index (χ4n) is 5.67. The quantitative estimate of drug-likeness (QED) is 0.280. The van der Waals surface area contributed by atoms with E-state index in [1.165, 1.54) is 12.1 Å². The van der Waals surface area contributed by atoms with Crippen molar-refractivity contribution in [3.63, 3.8) is 0 Å². The molecular weight excluding hydrogens is 521 g/mol. The molecule has 2 N–H and O–H groups in total. The molecule has 1 aliphatic heterocycles. The molecule has 2 heterocycles. The molecule has 0 radical (unpaired) electrons. The van der Waals surface area contributed by atoms with Gasteiger partial charge in [-0.3, -0.25) is 9.78 Å². The molecule has 0 spiro atoms. The van der Waals surface area contributed by atoms with E-state index >= 15 is 4.39 Å². The number of hydrogen-bond acceptors (Lipinski definition) is 6. The molecule has 0 aliphatic carbocycles. The summed E-state index contributed by atoms with van der Waals surface area (Å²) in [5.41, 5.74) is 1.76. The summed E-state index contributed by atoms with van der Waals surface area (Å²) in [4.78, 5) is 20.4. The van der Waals surface area contributed by atoms with Gasteiger partial charge in [0, 0.05) is 49.9 Å². The number of carboxylic acids is 1. The van der Waals surface area contributed by atoms with Crippen molar-refractivity contribution >= 4 is 28.2 Å². The van der Waals surface area contributed by atoms with Crippen LogP contribution >= 0.6 is 0 Å². The molecule has 1 atom stereocenters. The number of carboxylic acid groups (broad SMARTS) is 1. The molecule has 0 amide bonds. The second kappa shape index (κ2) is 12.8. The van der Waals surface area contributed by atoms with Gasteiger partial charge in [-0.25, -0.2) is 13.2 Å². The Morgan fingerprint density at radius 3 is 2.50 bits per heavy atom. The third-order valence-corrected chi connectivity index (χ3v) is 7.88. The number of alkyl halides is 1. The fourth-order valence-corrected chi connectivity index (χ4v) is 5.67. The second-order valence-electron chi connectivity index (χ2n) is 10.8. The van der Waals surface area contributed by atoms with Crippen LogP contribution in [0, 0.1) is 17.0 Å². The van der Waals surface area contributed by atoms with Crippen molar-refractivity contribution in [2.24, 2.45) is 5.41 Å². The Balaban J connectivity index is 1.43. The van der Waals surface area contributed by atoms with Gasteiger partial charge in [0.15, 0.2) is 0 Å². The van der Waals surface area contributed by atoms with Crippen molar-refractivity contribution in [1.29, 1.82) is 0 Å². The summed E-state index contributed by atoms with van der Waals surface area (Å²) in [6, 6.07) is 8.72. The number of ether oxygens (including phenoxy) is 1. The van der Waals surface area contributed by atoms with Crippen LogP contribution < -0.4 is 15.0 Å². The number of benzene rings is 2. The first-order chi connectivity index (χ1) is 19.1. The second-order valence-corrected chi connectivity index (χ2v) is 10.8. The first kappa shape index (κ1) is 29.5. The predicted molar refractivity (Wildman–Crippen MR) is 151 cm³/mol. The first-order valence-corrected chi connectivity index (χ1v) is 13.5. The molecule has 40 heavy (non-hydrogen) atoms. The molecule has 0 saturated carbocycles. The van der Waals surface area contributed by atoms with Crippen molar-refractivity contribution in [2.75, 3.05) is 57.6 Å². The van der Waals surface area contributed by atoms with Crippen LogP contribution in [0.5, 0.6) is 5.75 Å². The molecule has 7 nitrogen and oxygen atoms in total. The number of hydrogen-bond donors (Lipinski definition) is 2. The van der Waals surface area contributed by atoms with E-state index in [9.17, 15) is 18.7 Å². The van der Waals surface area contributed by atoms with E-state index in [4.69, 9.17) is 4.74 Å². The van der Waals surface area contributed by atoms with Crippen LogP contribution in [0.15, 0.2) is 42.6 Å². The zero-order valence-corrected chi connectivity index (χ0v) is 23.2. The third kappa shape index (κ3) is 7.15. The number of piperidine rings is 1. The van der Waals surface area contributed by atoms with Crippen LogP contribution in [0.2, 0.25) is 0 Å². The molecule has 1 aromatic heterocycles. The number of pyridine rings is 1. The summed E-state index contributed by atoms with van der Waals surface area (Å²) in [6.07, 6.45) is 2.24. The van der Waals surface area contributed by atoms with E-state index in [2.05, 4.69) is 15.2 Å². The van der Waals surface area contributed by atoms with Gasteiger partial charge >= 0.3 is 5.97 Å². The lowest BCUT2D eigenvalue weighted by Gasteiger charge is -2.41. The van der Waals surface area contributed by atoms with Crippen LogP contribution in [-0.2, 0) is 4.79 Å². The smallest absolute Gasteiger partial charge is 0.303 e. The van der Waals surface area contributed by atoms with E-state index in [0.717, 1.165) is 6.07 Å². The van der Waals surface area contributed by atoms with Crippen LogP contribution in [-0.4, -0.2) is 68.3 Å². The van der Waals surface area contributed by atoms with Gasteiger partial charge in [-0.2, -0.15) is 0 Å². The Hall–Kier alpha value is -3.53. The van der Waals surface area contributed by atoms with E-state index < -0.39 is 29.2 Å². The van der Waals surface area contributed by atoms with E-state index in [0.29, 0.717) is 79.0 Å². The highest BCUT2D eigenvalue weighted by Gasteiger charge is 2.37. The van der Waals surface area contributed by atoms with E-state index in [-0.39, 0.29) is 12.8 Å². The number of aromatic nitrogens is 1. The van der Waals surface area contributed by atoms with Gasteiger partial charge < -0.3 is 25.0 Å². The van der Waals surface area contributed by atoms with Gasteiger partial charge in [0.1, 0.15) is 23.6 Å². The average molecular weight is 559 g/mol. The van der Waals surface area contributed by atoms with Gasteiger partial charge in [-0.15, -0.1) is 0 Å². The molecule has 0 unspecified atom stereocenters.